The van der Waals surface area contributed by atoms with E-state index in [9.17, 15) is 4.79 Å². The minimum absolute atomic E-state index is 0.0187. The predicted molar refractivity (Wildman–Crippen MR) is 74.5 cm³/mol. The quantitative estimate of drug-likeness (QED) is 0.739. The number of alkyl halides is 1. The standard InChI is InChI=1S/C11H12Br2ClNO/c1-7(12)6-15(2)11(16)9-4-3-8(14)5-10(9)13/h3-5,7H,6H2,1-2H3. The minimum atomic E-state index is -0.0187. The largest absolute Gasteiger partial charge is 0.341 e. The fourth-order valence-electron chi connectivity index (χ4n) is 1.33. The molecule has 0 fully saturated rings. The first kappa shape index (κ1) is 14.0. The van der Waals surface area contributed by atoms with Crippen LogP contribution in [0.25, 0.3) is 0 Å². The molecule has 1 amide bonds. The first-order valence-corrected chi connectivity index (χ1v) is 6.85. The lowest BCUT2D eigenvalue weighted by Gasteiger charge is -2.19. The van der Waals surface area contributed by atoms with E-state index in [0.29, 0.717) is 17.1 Å². The average molecular weight is 369 g/mol. The van der Waals surface area contributed by atoms with Gasteiger partial charge < -0.3 is 4.90 Å². The second kappa shape index (κ2) is 6.03. The van der Waals surface area contributed by atoms with Crippen molar-refractivity contribution in [3.8, 4) is 0 Å². The average Bonchev–Trinajstić information content (AvgIpc) is 2.15. The fraction of sp³-hybridized carbons (Fsp3) is 0.364. The number of nitrogens with zero attached hydrogens (tertiary/aromatic N) is 1. The van der Waals surface area contributed by atoms with Crippen LogP contribution in [-0.2, 0) is 0 Å². The summed E-state index contributed by atoms with van der Waals surface area (Å²) < 4.78 is 0.721. The van der Waals surface area contributed by atoms with Gasteiger partial charge in [-0.3, -0.25) is 4.79 Å². The number of rotatable bonds is 3. The van der Waals surface area contributed by atoms with Crippen molar-refractivity contribution < 1.29 is 4.79 Å². The molecule has 5 heteroatoms. The minimum Gasteiger partial charge on any atom is -0.341 e. The third-order valence-electron chi connectivity index (χ3n) is 2.03. The van der Waals surface area contributed by atoms with Crippen molar-refractivity contribution in [2.75, 3.05) is 13.6 Å². The lowest BCUT2D eigenvalue weighted by atomic mass is 10.2. The topological polar surface area (TPSA) is 20.3 Å². The third kappa shape index (κ3) is 3.75. The number of carbonyl (C=O) groups is 1. The summed E-state index contributed by atoms with van der Waals surface area (Å²) in [5.74, 6) is -0.0187. The van der Waals surface area contributed by atoms with Crippen molar-refractivity contribution in [1.29, 1.82) is 0 Å². The number of benzene rings is 1. The molecular formula is C11H12Br2ClNO. The molecule has 0 aliphatic heterocycles. The van der Waals surface area contributed by atoms with Crippen molar-refractivity contribution in [2.24, 2.45) is 0 Å². The molecule has 1 aromatic rings. The van der Waals surface area contributed by atoms with Crippen LogP contribution in [0.15, 0.2) is 22.7 Å². The van der Waals surface area contributed by atoms with Gasteiger partial charge in [0.25, 0.3) is 5.91 Å². The van der Waals surface area contributed by atoms with Crippen molar-refractivity contribution in [1.82, 2.24) is 4.90 Å². The normalized spacial score (nSPS) is 12.3. The summed E-state index contributed by atoms with van der Waals surface area (Å²) in [7, 11) is 1.78. The Balaban J connectivity index is 2.88. The maximum absolute atomic E-state index is 12.0. The number of halogens is 3. The van der Waals surface area contributed by atoms with Crippen LogP contribution in [-0.4, -0.2) is 29.2 Å². The molecule has 1 rings (SSSR count). The lowest BCUT2D eigenvalue weighted by Crippen LogP contribution is -2.31. The Hall–Kier alpha value is -0.0600. The summed E-state index contributed by atoms with van der Waals surface area (Å²) in [6.45, 7) is 2.66. The maximum atomic E-state index is 12.0. The van der Waals surface area contributed by atoms with Crippen LogP contribution in [0, 0.1) is 0 Å². The number of amides is 1. The predicted octanol–water partition coefficient (Wildman–Crippen LogP) is 3.96. The van der Waals surface area contributed by atoms with Gasteiger partial charge in [0.1, 0.15) is 0 Å². The SMILES string of the molecule is CC(Br)CN(C)C(=O)c1ccc(Cl)cc1Br. The molecule has 0 N–H and O–H groups in total. The Morgan fingerprint density at radius 1 is 1.56 bits per heavy atom. The highest BCUT2D eigenvalue weighted by atomic mass is 79.9. The van der Waals surface area contributed by atoms with Gasteiger partial charge in [0.15, 0.2) is 0 Å². The van der Waals surface area contributed by atoms with Crippen molar-refractivity contribution in [2.45, 2.75) is 11.8 Å². The Bertz CT molecular complexity index is 396. The highest BCUT2D eigenvalue weighted by Crippen LogP contribution is 2.22. The summed E-state index contributed by atoms with van der Waals surface area (Å²) in [4.78, 5) is 14.0. The molecule has 1 atom stereocenters. The lowest BCUT2D eigenvalue weighted by molar-refractivity contribution is 0.0796. The molecular weight excluding hydrogens is 357 g/mol. The van der Waals surface area contributed by atoms with Crippen LogP contribution in [0.2, 0.25) is 5.02 Å². The molecule has 88 valence electrons. The zero-order chi connectivity index (χ0) is 12.3. The van der Waals surface area contributed by atoms with Gasteiger partial charge in [0.05, 0.1) is 5.56 Å². The molecule has 1 unspecified atom stereocenters. The highest BCUT2D eigenvalue weighted by molar-refractivity contribution is 9.10. The van der Waals surface area contributed by atoms with Gasteiger partial charge in [-0.05, 0) is 34.1 Å². The van der Waals surface area contributed by atoms with E-state index in [2.05, 4.69) is 31.9 Å². The van der Waals surface area contributed by atoms with E-state index in [1.54, 1.807) is 30.1 Å². The first-order chi connectivity index (χ1) is 7.41. The van der Waals surface area contributed by atoms with E-state index < -0.39 is 0 Å². The molecule has 2 nitrogen and oxygen atoms in total. The van der Waals surface area contributed by atoms with Crippen LogP contribution in [0.4, 0.5) is 0 Å². The molecule has 0 aromatic heterocycles. The Morgan fingerprint density at radius 2 is 2.19 bits per heavy atom. The molecule has 0 aliphatic carbocycles. The van der Waals surface area contributed by atoms with Crippen molar-refractivity contribution in [3.05, 3.63) is 33.3 Å². The fourth-order valence-corrected chi connectivity index (χ4v) is 2.62. The second-order valence-electron chi connectivity index (χ2n) is 3.59. The van der Waals surface area contributed by atoms with Crippen molar-refractivity contribution in [3.63, 3.8) is 0 Å². The van der Waals surface area contributed by atoms with Gasteiger partial charge in [-0.15, -0.1) is 0 Å². The summed E-state index contributed by atoms with van der Waals surface area (Å²) in [5, 5.41) is 0.611. The molecule has 0 spiro atoms. The van der Waals surface area contributed by atoms with E-state index in [1.165, 1.54) is 0 Å². The Morgan fingerprint density at radius 3 is 2.69 bits per heavy atom. The first-order valence-electron chi connectivity index (χ1n) is 4.76. The molecule has 0 aliphatic rings. The number of carbonyl (C=O) groups excluding carboxylic acids is 1. The van der Waals surface area contributed by atoms with Gasteiger partial charge in [-0.1, -0.05) is 34.5 Å². The molecule has 0 bridgehead atoms. The van der Waals surface area contributed by atoms with E-state index in [0.717, 1.165) is 4.47 Å². The van der Waals surface area contributed by atoms with Gasteiger partial charge in [-0.25, -0.2) is 0 Å². The molecule has 16 heavy (non-hydrogen) atoms. The van der Waals surface area contributed by atoms with Gasteiger partial charge in [-0.2, -0.15) is 0 Å². The summed E-state index contributed by atoms with van der Waals surface area (Å²) in [5.41, 5.74) is 0.625. The smallest absolute Gasteiger partial charge is 0.254 e. The zero-order valence-corrected chi connectivity index (χ0v) is 12.9. The number of hydrogen-bond acceptors (Lipinski definition) is 1. The van der Waals surface area contributed by atoms with Gasteiger partial charge in [0.2, 0.25) is 0 Å². The third-order valence-corrected chi connectivity index (χ3v) is 3.21. The molecule has 0 radical (unpaired) electrons. The molecule has 0 saturated carbocycles. The second-order valence-corrected chi connectivity index (χ2v) is 6.44. The maximum Gasteiger partial charge on any atom is 0.254 e. The van der Waals surface area contributed by atoms with E-state index in [1.807, 2.05) is 6.92 Å². The zero-order valence-electron chi connectivity index (χ0n) is 9.01. The van der Waals surface area contributed by atoms with E-state index in [4.69, 9.17) is 11.6 Å². The number of hydrogen-bond donors (Lipinski definition) is 0. The summed E-state index contributed by atoms with van der Waals surface area (Å²) >= 11 is 12.6. The summed E-state index contributed by atoms with van der Waals surface area (Å²) in [6, 6.07) is 5.16. The van der Waals surface area contributed by atoms with Crippen LogP contribution >= 0.6 is 43.5 Å². The monoisotopic (exact) mass is 367 g/mol. The Kier molecular flexibility index (Phi) is 5.28. The van der Waals surface area contributed by atoms with Gasteiger partial charge >= 0.3 is 0 Å². The molecule has 1 aromatic carbocycles. The van der Waals surface area contributed by atoms with Gasteiger partial charge in [0, 0.05) is 27.9 Å². The molecule has 0 heterocycles. The van der Waals surface area contributed by atoms with Crippen LogP contribution < -0.4 is 0 Å². The highest BCUT2D eigenvalue weighted by Gasteiger charge is 2.15. The summed E-state index contributed by atoms with van der Waals surface area (Å²) in [6.07, 6.45) is 0. The molecule has 0 saturated heterocycles. The van der Waals surface area contributed by atoms with Crippen LogP contribution in [0.1, 0.15) is 17.3 Å². The van der Waals surface area contributed by atoms with Crippen molar-refractivity contribution >= 4 is 49.4 Å². The van der Waals surface area contributed by atoms with Crippen LogP contribution in [0.3, 0.4) is 0 Å². The van der Waals surface area contributed by atoms with E-state index >= 15 is 0 Å². The Labute approximate surface area is 117 Å². The van der Waals surface area contributed by atoms with E-state index in [-0.39, 0.29) is 10.7 Å². The van der Waals surface area contributed by atoms with Crippen LogP contribution in [0.5, 0.6) is 0 Å².